The van der Waals surface area contributed by atoms with Gasteiger partial charge in [0.2, 0.25) is 0 Å². The van der Waals surface area contributed by atoms with Gasteiger partial charge >= 0.3 is 5.97 Å². The molecule has 0 unspecified atom stereocenters. The lowest BCUT2D eigenvalue weighted by atomic mass is 10.1. The number of carboxylic acids is 1. The van der Waals surface area contributed by atoms with Crippen molar-refractivity contribution >= 4 is 5.97 Å². The van der Waals surface area contributed by atoms with E-state index in [0.29, 0.717) is 0 Å². The van der Waals surface area contributed by atoms with Crippen molar-refractivity contribution in [3.8, 4) is 0 Å². The Balaban J connectivity index is 2.14. The normalized spacial score (nSPS) is 10.6. The summed E-state index contributed by atoms with van der Waals surface area (Å²) in [5, 5.41) is 16.3. The molecule has 0 radical (unpaired) electrons. The summed E-state index contributed by atoms with van der Waals surface area (Å²) in [6.07, 6.45) is 10.1. The summed E-state index contributed by atoms with van der Waals surface area (Å²) in [4.78, 5) is 10.5. The zero-order valence-corrected chi connectivity index (χ0v) is 10.4. The van der Waals surface area contributed by atoms with Gasteiger partial charge < -0.3 is 5.11 Å². The van der Waals surface area contributed by atoms with E-state index in [9.17, 15) is 4.79 Å². The van der Waals surface area contributed by atoms with Gasteiger partial charge in [-0.15, -0.1) is 5.10 Å². The maximum atomic E-state index is 10.5. The van der Waals surface area contributed by atoms with Crippen molar-refractivity contribution in [3.05, 3.63) is 11.9 Å². The predicted molar refractivity (Wildman–Crippen MR) is 64.7 cm³/mol. The van der Waals surface area contributed by atoms with Gasteiger partial charge in [-0.05, 0) is 12.8 Å². The number of hydrogen-bond donors (Lipinski definition) is 1. The van der Waals surface area contributed by atoms with E-state index in [2.05, 4.69) is 17.2 Å². The van der Waals surface area contributed by atoms with Crippen molar-refractivity contribution in [1.29, 1.82) is 0 Å². The highest BCUT2D eigenvalue weighted by Gasteiger charge is 2.03. The number of aryl methyl sites for hydroxylation is 1. The van der Waals surface area contributed by atoms with Gasteiger partial charge in [0.1, 0.15) is 6.54 Å². The summed E-state index contributed by atoms with van der Waals surface area (Å²) < 4.78 is 1.37. The Morgan fingerprint density at radius 3 is 2.71 bits per heavy atom. The fraction of sp³-hybridized carbons (Fsp3) is 0.750. The van der Waals surface area contributed by atoms with Crippen LogP contribution in [0.5, 0.6) is 0 Å². The Bertz CT molecular complexity index is 336. The fourth-order valence-electron chi connectivity index (χ4n) is 1.76. The zero-order valence-electron chi connectivity index (χ0n) is 10.4. The van der Waals surface area contributed by atoms with Gasteiger partial charge in [-0.25, -0.2) is 4.68 Å². The van der Waals surface area contributed by atoms with E-state index < -0.39 is 5.97 Å². The Morgan fingerprint density at radius 1 is 1.29 bits per heavy atom. The first-order chi connectivity index (χ1) is 8.22. The van der Waals surface area contributed by atoms with E-state index in [4.69, 9.17) is 5.11 Å². The van der Waals surface area contributed by atoms with Crippen molar-refractivity contribution in [1.82, 2.24) is 15.0 Å². The third-order valence-corrected chi connectivity index (χ3v) is 2.67. The number of aromatic nitrogens is 3. The fourth-order valence-corrected chi connectivity index (χ4v) is 1.76. The number of rotatable bonds is 9. The second-order valence-corrected chi connectivity index (χ2v) is 4.32. The van der Waals surface area contributed by atoms with Gasteiger partial charge in [0, 0.05) is 6.20 Å². The van der Waals surface area contributed by atoms with Crippen LogP contribution in [-0.2, 0) is 17.8 Å². The summed E-state index contributed by atoms with van der Waals surface area (Å²) in [6, 6.07) is 0. The highest BCUT2D eigenvalue weighted by Crippen LogP contribution is 2.07. The lowest BCUT2D eigenvalue weighted by Crippen LogP contribution is -2.08. The van der Waals surface area contributed by atoms with Crippen LogP contribution in [0.25, 0.3) is 0 Å². The third kappa shape index (κ3) is 6.04. The molecular formula is C12H21N3O2. The van der Waals surface area contributed by atoms with Gasteiger partial charge in [0.15, 0.2) is 0 Å². The van der Waals surface area contributed by atoms with Gasteiger partial charge in [0.05, 0.1) is 5.69 Å². The molecule has 5 nitrogen and oxygen atoms in total. The lowest BCUT2D eigenvalue weighted by Gasteiger charge is -1.98. The van der Waals surface area contributed by atoms with Gasteiger partial charge in [0.25, 0.3) is 0 Å². The average Bonchev–Trinajstić information content (AvgIpc) is 2.70. The lowest BCUT2D eigenvalue weighted by molar-refractivity contribution is -0.137. The third-order valence-electron chi connectivity index (χ3n) is 2.67. The van der Waals surface area contributed by atoms with E-state index >= 15 is 0 Å². The summed E-state index contributed by atoms with van der Waals surface area (Å²) >= 11 is 0. The molecule has 0 spiro atoms. The molecule has 0 atom stereocenters. The van der Waals surface area contributed by atoms with Crippen molar-refractivity contribution in [2.24, 2.45) is 0 Å². The number of carboxylic acid groups (broad SMARTS) is 1. The van der Waals surface area contributed by atoms with Crippen LogP contribution in [0.1, 0.15) is 51.1 Å². The molecule has 0 aliphatic carbocycles. The second kappa shape index (κ2) is 7.81. The topological polar surface area (TPSA) is 68.0 Å². The van der Waals surface area contributed by atoms with Crippen LogP contribution in [0.3, 0.4) is 0 Å². The standard InChI is InChI=1S/C12H21N3O2/c1-2-3-4-5-6-7-8-11-9-15(14-13-11)10-12(16)17/h9H,2-8,10H2,1H3,(H,16,17). The molecule has 96 valence electrons. The van der Waals surface area contributed by atoms with Crippen LogP contribution >= 0.6 is 0 Å². The van der Waals surface area contributed by atoms with E-state index in [0.717, 1.165) is 18.5 Å². The molecule has 1 heterocycles. The van der Waals surface area contributed by atoms with E-state index in [-0.39, 0.29) is 6.54 Å². The van der Waals surface area contributed by atoms with Crippen molar-refractivity contribution in [2.75, 3.05) is 0 Å². The van der Waals surface area contributed by atoms with Crippen LogP contribution in [0.2, 0.25) is 0 Å². The second-order valence-electron chi connectivity index (χ2n) is 4.32. The molecule has 0 aliphatic heterocycles. The maximum Gasteiger partial charge on any atom is 0.325 e. The minimum absolute atomic E-state index is 0.108. The van der Waals surface area contributed by atoms with Gasteiger partial charge in [-0.3, -0.25) is 4.79 Å². The zero-order chi connectivity index (χ0) is 12.5. The van der Waals surface area contributed by atoms with Crippen molar-refractivity contribution < 1.29 is 9.90 Å². The molecule has 0 amide bonds. The molecule has 0 saturated heterocycles. The molecule has 0 saturated carbocycles. The van der Waals surface area contributed by atoms with Gasteiger partial charge in [-0.1, -0.05) is 44.2 Å². The molecule has 5 heteroatoms. The summed E-state index contributed by atoms with van der Waals surface area (Å²) in [6.45, 7) is 2.10. The Labute approximate surface area is 102 Å². The molecule has 1 rings (SSSR count). The predicted octanol–water partition coefficient (Wildman–Crippen LogP) is 2.27. The molecule has 0 bridgehead atoms. The van der Waals surface area contributed by atoms with E-state index in [1.54, 1.807) is 6.20 Å². The molecule has 1 aromatic rings. The smallest absolute Gasteiger partial charge is 0.325 e. The van der Waals surface area contributed by atoms with Crippen molar-refractivity contribution in [3.63, 3.8) is 0 Å². The molecular weight excluding hydrogens is 218 g/mol. The molecule has 0 fully saturated rings. The molecule has 1 aromatic heterocycles. The monoisotopic (exact) mass is 239 g/mol. The number of nitrogens with zero attached hydrogens (tertiary/aromatic N) is 3. The summed E-state index contributed by atoms with van der Waals surface area (Å²) in [7, 11) is 0. The molecule has 0 aromatic carbocycles. The minimum Gasteiger partial charge on any atom is -0.480 e. The molecule has 1 N–H and O–H groups in total. The van der Waals surface area contributed by atoms with Crippen LogP contribution in [-0.4, -0.2) is 26.1 Å². The van der Waals surface area contributed by atoms with Crippen molar-refractivity contribution in [2.45, 2.75) is 58.4 Å². The largest absolute Gasteiger partial charge is 0.480 e. The number of unbranched alkanes of at least 4 members (excludes halogenated alkanes) is 5. The Morgan fingerprint density at radius 2 is 2.00 bits per heavy atom. The summed E-state index contributed by atoms with van der Waals surface area (Å²) in [5.74, 6) is -0.888. The quantitative estimate of drug-likeness (QED) is 0.671. The van der Waals surface area contributed by atoms with E-state index in [1.165, 1.54) is 36.8 Å². The van der Waals surface area contributed by atoms with E-state index in [1.807, 2.05) is 0 Å². The first-order valence-corrected chi connectivity index (χ1v) is 6.33. The van der Waals surface area contributed by atoms with Gasteiger partial charge in [-0.2, -0.15) is 0 Å². The Kier molecular flexibility index (Phi) is 6.29. The highest BCUT2D eigenvalue weighted by atomic mass is 16.4. The average molecular weight is 239 g/mol. The van der Waals surface area contributed by atoms with Crippen LogP contribution in [0, 0.1) is 0 Å². The summed E-state index contributed by atoms with van der Waals surface area (Å²) in [5.41, 5.74) is 0.891. The minimum atomic E-state index is -0.888. The first-order valence-electron chi connectivity index (χ1n) is 6.33. The highest BCUT2D eigenvalue weighted by molar-refractivity contribution is 5.66. The molecule has 0 aliphatic rings. The van der Waals surface area contributed by atoms with Crippen LogP contribution in [0.15, 0.2) is 6.20 Å². The number of hydrogen-bond acceptors (Lipinski definition) is 3. The van der Waals surface area contributed by atoms with Crippen LogP contribution < -0.4 is 0 Å². The van der Waals surface area contributed by atoms with Crippen LogP contribution in [0.4, 0.5) is 0 Å². The number of aliphatic carboxylic acids is 1. The Hall–Kier alpha value is -1.39. The molecule has 17 heavy (non-hydrogen) atoms. The first kappa shape index (κ1) is 13.7. The number of carbonyl (C=O) groups is 1. The SMILES string of the molecule is CCCCCCCCc1cn(CC(=O)O)nn1. The maximum absolute atomic E-state index is 10.5.